The lowest BCUT2D eigenvalue weighted by molar-refractivity contribution is 0.600. The molecule has 0 spiro atoms. The third kappa shape index (κ3) is 7.12. The topological polar surface area (TPSA) is 96.9 Å². The fourth-order valence-electron chi connectivity index (χ4n) is 1.28. The molecule has 108 valence electrons. The van der Waals surface area contributed by atoms with Gasteiger partial charge in [-0.1, -0.05) is 6.92 Å². The lowest BCUT2D eigenvalue weighted by Gasteiger charge is -2.07. The normalized spacial score (nSPS) is 11.3. The molecule has 0 aliphatic carbocycles. The summed E-state index contributed by atoms with van der Waals surface area (Å²) in [6.07, 6.45) is 2.64. The van der Waals surface area contributed by atoms with Gasteiger partial charge in [-0.3, -0.25) is 0 Å². The Morgan fingerprint density at radius 3 is 2.21 bits per heavy atom. The zero-order valence-corrected chi connectivity index (χ0v) is 12.6. The highest BCUT2D eigenvalue weighted by atomic mass is 35.5. The summed E-state index contributed by atoms with van der Waals surface area (Å²) in [6.45, 7) is 3.23. The van der Waals surface area contributed by atoms with Gasteiger partial charge >= 0.3 is 0 Å². The molecule has 0 saturated carbocycles. The highest BCUT2D eigenvalue weighted by Gasteiger charge is 2.05. The van der Waals surface area contributed by atoms with Crippen molar-refractivity contribution in [3.63, 3.8) is 0 Å². The van der Waals surface area contributed by atoms with E-state index in [1.807, 2.05) is 6.92 Å². The molecule has 0 aliphatic rings. The highest BCUT2D eigenvalue weighted by molar-refractivity contribution is 7.90. The molecule has 1 rings (SSSR count). The second-order valence-electron chi connectivity index (χ2n) is 4.09. The molecule has 7 nitrogen and oxygen atoms in total. The molecule has 0 atom stereocenters. The minimum Gasteiger partial charge on any atom is -0.354 e. The van der Waals surface area contributed by atoms with E-state index in [1.165, 1.54) is 6.26 Å². The number of aromatic nitrogens is 3. The van der Waals surface area contributed by atoms with Crippen LogP contribution >= 0.6 is 11.6 Å². The van der Waals surface area contributed by atoms with Gasteiger partial charge in [-0.15, -0.1) is 0 Å². The Balaban J connectivity index is 2.51. The van der Waals surface area contributed by atoms with Crippen LogP contribution in [0.2, 0.25) is 5.28 Å². The Morgan fingerprint density at radius 2 is 1.68 bits per heavy atom. The first-order valence-corrected chi connectivity index (χ1v) is 8.41. The first-order valence-electron chi connectivity index (χ1n) is 5.98. The van der Waals surface area contributed by atoms with Gasteiger partial charge in [0, 0.05) is 19.3 Å². The Morgan fingerprint density at radius 1 is 1.11 bits per heavy atom. The molecule has 0 amide bonds. The van der Waals surface area contributed by atoms with Gasteiger partial charge in [0.15, 0.2) is 0 Å². The number of nitrogens with one attached hydrogen (secondary N) is 2. The van der Waals surface area contributed by atoms with Gasteiger partial charge in [-0.25, -0.2) is 8.42 Å². The molecule has 0 radical (unpaired) electrons. The van der Waals surface area contributed by atoms with Crippen LogP contribution in [0, 0.1) is 0 Å². The summed E-state index contributed by atoms with van der Waals surface area (Å²) in [5.74, 6) is 0.874. The quantitative estimate of drug-likeness (QED) is 0.696. The molecule has 1 heterocycles. The lowest BCUT2D eigenvalue weighted by Crippen LogP contribution is -2.13. The molecule has 0 unspecified atom stereocenters. The third-order valence-corrected chi connectivity index (χ3v) is 3.32. The Bertz CT molecular complexity index is 509. The average molecular weight is 308 g/mol. The largest absolute Gasteiger partial charge is 0.354 e. The Labute approximate surface area is 118 Å². The first kappa shape index (κ1) is 15.9. The van der Waals surface area contributed by atoms with E-state index >= 15 is 0 Å². The van der Waals surface area contributed by atoms with E-state index in [2.05, 4.69) is 25.6 Å². The lowest BCUT2D eigenvalue weighted by atomic mass is 10.5. The highest BCUT2D eigenvalue weighted by Crippen LogP contribution is 2.09. The van der Waals surface area contributed by atoms with E-state index in [0.717, 1.165) is 13.0 Å². The van der Waals surface area contributed by atoms with Gasteiger partial charge in [0.25, 0.3) is 0 Å². The van der Waals surface area contributed by atoms with Gasteiger partial charge in [0.2, 0.25) is 17.2 Å². The molecule has 0 bridgehead atoms. The van der Waals surface area contributed by atoms with Crippen LogP contribution in [0.3, 0.4) is 0 Å². The smallest absolute Gasteiger partial charge is 0.228 e. The van der Waals surface area contributed by atoms with Crippen molar-refractivity contribution in [2.24, 2.45) is 0 Å². The van der Waals surface area contributed by atoms with Crippen molar-refractivity contribution >= 4 is 33.3 Å². The van der Waals surface area contributed by atoms with E-state index in [1.54, 1.807) is 0 Å². The maximum Gasteiger partial charge on any atom is 0.228 e. The van der Waals surface area contributed by atoms with Crippen LogP contribution in [-0.2, 0) is 9.84 Å². The van der Waals surface area contributed by atoms with Crippen molar-refractivity contribution in [1.29, 1.82) is 0 Å². The second-order valence-corrected chi connectivity index (χ2v) is 6.69. The molecule has 9 heteroatoms. The van der Waals surface area contributed by atoms with E-state index in [9.17, 15) is 8.42 Å². The fraction of sp³-hybridized carbons (Fsp3) is 0.700. The van der Waals surface area contributed by atoms with Crippen LogP contribution in [0.15, 0.2) is 0 Å². The molecule has 19 heavy (non-hydrogen) atoms. The van der Waals surface area contributed by atoms with Crippen molar-refractivity contribution in [1.82, 2.24) is 15.0 Å². The average Bonchev–Trinajstić information content (AvgIpc) is 2.30. The number of rotatable bonds is 8. The number of nitrogens with zero attached hydrogens (tertiary/aromatic N) is 3. The van der Waals surface area contributed by atoms with Gasteiger partial charge in [0.05, 0.1) is 5.75 Å². The van der Waals surface area contributed by atoms with E-state index in [0.29, 0.717) is 24.9 Å². The maximum absolute atomic E-state index is 11.0. The van der Waals surface area contributed by atoms with Crippen molar-refractivity contribution in [2.45, 2.75) is 19.8 Å². The summed E-state index contributed by atoms with van der Waals surface area (Å²) in [6, 6.07) is 0. The molecule has 0 saturated heterocycles. The molecular formula is C10H18ClN5O2S. The number of anilines is 2. The maximum atomic E-state index is 11.0. The minimum atomic E-state index is -2.94. The second kappa shape index (κ2) is 7.44. The predicted molar refractivity (Wildman–Crippen MR) is 76.4 cm³/mol. The molecular weight excluding hydrogens is 290 g/mol. The van der Waals surface area contributed by atoms with E-state index in [4.69, 9.17) is 11.6 Å². The summed E-state index contributed by atoms with van der Waals surface area (Å²) in [4.78, 5) is 12.0. The molecule has 0 aliphatic heterocycles. The summed E-state index contributed by atoms with van der Waals surface area (Å²) < 4.78 is 21.9. The van der Waals surface area contributed by atoms with E-state index < -0.39 is 9.84 Å². The summed E-state index contributed by atoms with van der Waals surface area (Å²) in [5, 5.41) is 6.03. The van der Waals surface area contributed by atoms with E-state index in [-0.39, 0.29) is 11.0 Å². The monoisotopic (exact) mass is 307 g/mol. The van der Waals surface area contributed by atoms with Crippen molar-refractivity contribution < 1.29 is 8.42 Å². The Hall–Kier alpha value is -1.15. The zero-order valence-electron chi connectivity index (χ0n) is 11.0. The third-order valence-electron chi connectivity index (χ3n) is 2.12. The van der Waals surface area contributed by atoms with Crippen molar-refractivity contribution in [2.75, 3.05) is 35.7 Å². The number of hydrogen-bond acceptors (Lipinski definition) is 7. The van der Waals surface area contributed by atoms with Crippen LogP contribution in [0.4, 0.5) is 11.9 Å². The summed E-state index contributed by atoms with van der Waals surface area (Å²) in [7, 11) is -2.94. The number of halogens is 1. The molecule has 1 aromatic heterocycles. The van der Waals surface area contributed by atoms with Crippen LogP contribution in [-0.4, -0.2) is 48.5 Å². The SMILES string of the molecule is CCCNc1nc(Cl)nc(NCCCS(C)(=O)=O)n1. The number of sulfone groups is 1. The molecule has 0 fully saturated rings. The standard InChI is InChI=1S/C10H18ClN5O2S/c1-3-5-12-9-14-8(11)15-10(16-9)13-6-4-7-19(2,17)18/h3-7H2,1-2H3,(H2,12,13,14,15,16). The molecule has 0 aromatic carbocycles. The predicted octanol–water partition coefficient (Wildman–Crippen LogP) is 1.19. The van der Waals surface area contributed by atoms with Gasteiger partial charge < -0.3 is 10.6 Å². The summed E-state index contributed by atoms with van der Waals surface area (Å²) in [5.41, 5.74) is 0. The zero-order chi connectivity index (χ0) is 14.3. The van der Waals surface area contributed by atoms with Crippen molar-refractivity contribution in [3.8, 4) is 0 Å². The van der Waals surface area contributed by atoms with Gasteiger partial charge in [0.1, 0.15) is 9.84 Å². The fourth-order valence-corrected chi connectivity index (χ4v) is 2.11. The number of hydrogen-bond donors (Lipinski definition) is 2. The van der Waals surface area contributed by atoms with Crippen LogP contribution < -0.4 is 10.6 Å². The first-order chi connectivity index (χ1) is 8.90. The van der Waals surface area contributed by atoms with Crippen LogP contribution in [0.5, 0.6) is 0 Å². The molecule has 1 aromatic rings. The van der Waals surface area contributed by atoms with Crippen LogP contribution in [0.1, 0.15) is 19.8 Å². The van der Waals surface area contributed by atoms with Gasteiger partial charge in [-0.05, 0) is 24.4 Å². The summed E-state index contributed by atoms with van der Waals surface area (Å²) >= 11 is 5.78. The van der Waals surface area contributed by atoms with Crippen LogP contribution in [0.25, 0.3) is 0 Å². The minimum absolute atomic E-state index is 0.0965. The Kier molecular flexibility index (Phi) is 6.23. The van der Waals surface area contributed by atoms with Gasteiger partial charge in [-0.2, -0.15) is 15.0 Å². The van der Waals surface area contributed by atoms with Crippen molar-refractivity contribution in [3.05, 3.63) is 5.28 Å². The molecule has 2 N–H and O–H groups in total.